The molecule has 6 nitrogen and oxygen atoms in total. The minimum atomic E-state index is -3.68. The van der Waals surface area contributed by atoms with Crippen LogP contribution >= 0.6 is 0 Å². The normalized spacial score (nSPS) is 11.5. The molecule has 0 unspecified atom stereocenters. The number of aryl methyl sites for hydroxylation is 1. The summed E-state index contributed by atoms with van der Waals surface area (Å²) < 4.78 is 25.0. The first-order chi connectivity index (χ1) is 11.9. The van der Waals surface area contributed by atoms with Crippen LogP contribution in [0.25, 0.3) is 0 Å². The van der Waals surface area contributed by atoms with Crippen LogP contribution in [0.15, 0.2) is 59.5 Å². The molecule has 1 amide bonds. The molecule has 0 aliphatic rings. The fraction of sp³-hybridized carbons (Fsp3) is 0.278. The minimum absolute atomic E-state index is 0.0962. The number of amides is 1. The summed E-state index contributed by atoms with van der Waals surface area (Å²) in [4.78, 5) is 16.8. The van der Waals surface area contributed by atoms with Gasteiger partial charge in [0.15, 0.2) is 0 Å². The third kappa shape index (κ3) is 5.38. The van der Waals surface area contributed by atoms with Crippen LogP contribution < -0.4 is 5.32 Å². The van der Waals surface area contributed by atoms with E-state index in [0.29, 0.717) is 12.1 Å². The van der Waals surface area contributed by atoms with E-state index in [1.165, 1.54) is 31.9 Å². The van der Waals surface area contributed by atoms with E-state index < -0.39 is 10.0 Å². The van der Waals surface area contributed by atoms with E-state index >= 15 is 0 Å². The first kappa shape index (κ1) is 19.1. The Morgan fingerprint density at radius 3 is 2.32 bits per heavy atom. The number of carbonyl (C=O) groups excluding carboxylic acids is 1. The lowest BCUT2D eigenvalue weighted by molar-refractivity contribution is -0.116. The number of sulfonamides is 1. The number of carbonyl (C=O) groups is 1. The Morgan fingerprint density at radius 1 is 1.08 bits per heavy atom. The van der Waals surface area contributed by atoms with Gasteiger partial charge in [-0.2, -0.15) is 0 Å². The molecule has 0 radical (unpaired) electrons. The predicted molar refractivity (Wildman–Crippen MR) is 96.4 cm³/mol. The van der Waals surface area contributed by atoms with Crippen LogP contribution in [0, 0.1) is 0 Å². The largest absolute Gasteiger partial charge is 0.326 e. The van der Waals surface area contributed by atoms with Gasteiger partial charge in [-0.15, -0.1) is 0 Å². The summed E-state index contributed by atoms with van der Waals surface area (Å²) in [5, 5.41) is 2.77. The standard InChI is InChI=1S/C18H22N2O4S/c1-20(24-2)25(22,23)17-13-11-16(12-14-17)19-18(21)10-6-9-15-7-4-3-5-8-15/h3-5,7-8,11-14H,6,9-10H2,1-2H3,(H,19,21). The summed E-state index contributed by atoms with van der Waals surface area (Å²) in [6.45, 7) is 0. The minimum Gasteiger partial charge on any atom is -0.326 e. The van der Waals surface area contributed by atoms with Crippen molar-refractivity contribution in [2.75, 3.05) is 19.5 Å². The molecule has 1 N–H and O–H groups in total. The maximum atomic E-state index is 12.1. The van der Waals surface area contributed by atoms with E-state index in [0.717, 1.165) is 17.3 Å². The molecule has 0 aliphatic carbocycles. The van der Waals surface area contributed by atoms with Crippen molar-refractivity contribution in [2.24, 2.45) is 0 Å². The highest BCUT2D eigenvalue weighted by molar-refractivity contribution is 7.89. The zero-order valence-electron chi connectivity index (χ0n) is 14.3. The number of hydrogen-bond donors (Lipinski definition) is 1. The zero-order chi connectivity index (χ0) is 18.3. The Hall–Kier alpha value is -2.22. The van der Waals surface area contributed by atoms with E-state index in [4.69, 9.17) is 4.84 Å². The van der Waals surface area contributed by atoms with E-state index in [1.54, 1.807) is 12.1 Å². The Morgan fingerprint density at radius 2 is 1.72 bits per heavy atom. The average Bonchev–Trinajstić information content (AvgIpc) is 2.62. The lowest BCUT2D eigenvalue weighted by Crippen LogP contribution is -2.25. The van der Waals surface area contributed by atoms with Crippen LogP contribution in [0.5, 0.6) is 0 Å². The molecular formula is C18H22N2O4S. The van der Waals surface area contributed by atoms with Gasteiger partial charge in [0.05, 0.1) is 12.0 Å². The smallest absolute Gasteiger partial charge is 0.264 e. The molecule has 2 aromatic carbocycles. The topological polar surface area (TPSA) is 75.7 Å². The third-order valence-electron chi connectivity index (χ3n) is 3.74. The molecular weight excluding hydrogens is 340 g/mol. The van der Waals surface area contributed by atoms with Gasteiger partial charge in [-0.3, -0.25) is 9.63 Å². The van der Waals surface area contributed by atoms with Gasteiger partial charge in [0, 0.05) is 19.2 Å². The Balaban J connectivity index is 1.87. The first-order valence-electron chi connectivity index (χ1n) is 7.90. The van der Waals surface area contributed by atoms with Gasteiger partial charge in [-0.05, 0) is 42.7 Å². The van der Waals surface area contributed by atoms with Crippen LogP contribution in [0.1, 0.15) is 18.4 Å². The molecule has 0 spiro atoms. The SMILES string of the molecule is CON(C)S(=O)(=O)c1ccc(NC(=O)CCCc2ccccc2)cc1. The van der Waals surface area contributed by atoms with Gasteiger partial charge >= 0.3 is 0 Å². The molecule has 0 bridgehead atoms. The molecule has 0 aliphatic heterocycles. The molecule has 2 rings (SSSR count). The maximum absolute atomic E-state index is 12.1. The fourth-order valence-electron chi connectivity index (χ4n) is 2.28. The maximum Gasteiger partial charge on any atom is 0.264 e. The zero-order valence-corrected chi connectivity index (χ0v) is 15.1. The van der Waals surface area contributed by atoms with Gasteiger partial charge in [0.1, 0.15) is 0 Å². The molecule has 0 atom stereocenters. The van der Waals surface area contributed by atoms with Gasteiger partial charge in [-0.25, -0.2) is 8.42 Å². The highest BCUT2D eigenvalue weighted by Gasteiger charge is 2.20. The highest BCUT2D eigenvalue weighted by atomic mass is 32.2. The Kier molecular flexibility index (Phi) is 6.69. The number of benzene rings is 2. The van der Waals surface area contributed by atoms with Crippen LogP contribution in [0.2, 0.25) is 0 Å². The lowest BCUT2D eigenvalue weighted by Gasteiger charge is -2.14. The first-order valence-corrected chi connectivity index (χ1v) is 9.34. The molecule has 2 aromatic rings. The van der Waals surface area contributed by atoms with Gasteiger partial charge < -0.3 is 5.32 Å². The molecule has 134 valence electrons. The van der Waals surface area contributed by atoms with E-state index in [2.05, 4.69) is 5.32 Å². The number of nitrogens with zero attached hydrogens (tertiary/aromatic N) is 1. The van der Waals surface area contributed by atoms with Crippen LogP contribution in [0.4, 0.5) is 5.69 Å². The van der Waals surface area contributed by atoms with Crippen molar-refractivity contribution in [3.8, 4) is 0 Å². The van der Waals surface area contributed by atoms with E-state index in [9.17, 15) is 13.2 Å². The van der Waals surface area contributed by atoms with Crippen molar-refractivity contribution < 1.29 is 18.0 Å². The van der Waals surface area contributed by atoms with Crippen molar-refractivity contribution >= 4 is 21.6 Å². The fourth-order valence-corrected chi connectivity index (χ4v) is 3.25. The molecule has 0 saturated carbocycles. The number of hydrogen-bond acceptors (Lipinski definition) is 4. The summed E-state index contributed by atoms with van der Waals surface area (Å²) >= 11 is 0. The molecule has 0 aromatic heterocycles. The second-order valence-corrected chi connectivity index (χ2v) is 7.44. The molecule has 25 heavy (non-hydrogen) atoms. The third-order valence-corrected chi connectivity index (χ3v) is 5.44. The quantitative estimate of drug-likeness (QED) is 0.733. The van der Waals surface area contributed by atoms with E-state index in [1.807, 2.05) is 30.3 Å². The summed E-state index contributed by atoms with van der Waals surface area (Å²) in [5.74, 6) is -0.0967. The second-order valence-electron chi connectivity index (χ2n) is 5.51. The van der Waals surface area contributed by atoms with Crippen molar-refractivity contribution in [2.45, 2.75) is 24.2 Å². The lowest BCUT2D eigenvalue weighted by atomic mass is 10.1. The van der Waals surface area contributed by atoms with Crippen molar-refractivity contribution in [1.29, 1.82) is 0 Å². The number of hydroxylamine groups is 1. The molecule has 0 fully saturated rings. The Bertz CT molecular complexity index is 790. The summed E-state index contributed by atoms with van der Waals surface area (Å²) in [7, 11) is -1.08. The van der Waals surface area contributed by atoms with Gasteiger partial charge in [0.2, 0.25) is 5.91 Å². The number of anilines is 1. The van der Waals surface area contributed by atoms with Crippen LogP contribution in [0.3, 0.4) is 0 Å². The number of rotatable bonds is 8. The van der Waals surface area contributed by atoms with Crippen LogP contribution in [-0.4, -0.2) is 33.0 Å². The molecule has 0 heterocycles. The van der Waals surface area contributed by atoms with Crippen molar-refractivity contribution in [3.05, 3.63) is 60.2 Å². The average molecular weight is 362 g/mol. The van der Waals surface area contributed by atoms with Gasteiger partial charge in [-0.1, -0.05) is 34.8 Å². The Labute approximate surface area is 148 Å². The highest BCUT2D eigenvalue weighted by Crippen LogP contribution is 2.17. The number of nitrogens with one attached hydrogen (secondary N) is 1. The van der Waals surface area contributed by atoms with Gasteiger partial charge in [0.25, 0.3) is 10.0 Å². The summed E-state index contributed by atoms with van der Waals surface area (Å²) in [6.07, 6.45) is 2.00. The van der Waals surface area contributed by atoms with Crippen LogP contribution in [-0.2, 0) is 26.1 Å². The summed E-state index contributed by atoms with van der Waals surface area (Å²) in [5.41, 5.74) is 1.76. The van der Waals surface area contributed by atoms with E-state index in [-0.39, 0.29) is 10.8 Å². The molecule has 7 heteroatoms. The van der Waals surface area contributed by atoms with Crippen molar-refractivity contribution in [3.63, 3.8) is 0 Å². The monoisotopic (exact) mass is 362 g/mol. The molecule has 0 saturated heterocycles. The predicted octanol–water partition coefficient (Wildman–Crippen LogP) is 2.83. The second kappa shape index (κ2) is 8.75. The van der Waals surface area contributed by atoms with Crippen molar-refractivity contribution in [1.82, 2.24) is 4.47 Å². The summed E-state index contributed by atoms with van der Waals surface area (Å²) in [6, 6.07) is 16.0.